The van der Waals surface area contributed by atoms with Crippen molar-refractivity contribution in [3.63, 3.8) is 0 Å². The Balaban J connectivity index is 1.53. The van der Waals surface area contributed by atoms with E-state index in [1.54, 1.807) is 47.2 Å². The normalized spacial score (nSPS) is 11.9. The summed E-state index contributed by atoms with van der Waals surface area (Å²) in [6.45, 7) is 2.69. The quantitative estimate of drug-likeness (QED) is 0.701. The molecule has 1 atom stereocenters. The maximum Gasteiger partial charge on any atom is 0.252 e. The third-order valence-electron chi connectivity index (χ3n) is 3.41. The summed E-state index contributed by atoms with van der Waals surface area (Å²) in [7, 11) is 0. The predicted octanol–water partition coefficient (Wildman–Crippen LogP) is 3.18. The van der Waals surface area contributed by atoms with E-state index < -0.39 is 0 Å². The highest BCUT2D eigenvalue weighted by molar-refractivity contribution is 8.00. The van der Waals surface area contributed by atoms with Gasteiger partial charge >= 0.3 is 0 Å². The van der Waals surface area contributed by atoms with Crippen LogP contribution < -0.4 is 5.32 Å². The second-order valence-corrected chi connectivity index (χ2v) is 6.84. The number of benzene rings is 1. The minimum Gasteiger partial charge on any atom is -0.351 e. The van der Waals surface area contributed by atoms with Gasteiger partial charge in [0, 0.05) is 35.3 Å². The fraction of sp³-hybridized carbons (Fsp3) is 0.167. The van der Waals surface area contributed by atoms with Crippen molar-refractivity contribution in [1.82, 2.24) is 19.9 Å². The number of carbonyl (C=O) groups is 1. The molecule has 0 aliphatic rings. The molecule has 1 aromatic carbocycles. The number of rotatable bonds is 6. The van der Waals surface area contributed by atoms with Crippen LogP contribution >= 0.6 is 11.8 Å². The van der Waals surface area contributed by atoms with Gasteiger partial charge in [0.05, 0.1) is 5.56 Å². The molecule has 1 unspecified atom stereocenters. The first kappa shape index (κ1) is 16.3. The fourth-order valence-electron chi connectivity index (χ4n) is 2.18. The molecule has 0 radical (unpaired) electrons. The molecular formula is C18H18N4OS. The zero-order valence-electron chi connectivity index (χ0n) is 13.3. The molecule has 3 aromatic rings. The Morgan fingerprint density at radius 1 is 1.25 bits per heavy atom. The van der Waals surface area contributed by atoms with Crippen molar-refractivity contribution in [3.8, 4) is 5.82 Å². The summed E-state index contributed by atoms with van der Waals surface area (Å²) in [6, 6.07) is 13.7. The van der Waals surface area contributed by atoms with Crippen LogP contribution in [0.2, 0.25) is 0 Å². The smallest absolute Gasteiger partial charge is 0.252 e. The van der Waals surface area contributed by atoms with Crippen LogP contribution in [-0.2, 0) is 0 Å². The molecular weight excluding hydrogens is 320 g/mol. The van der Waals surface area contributed by atoms with Crippen molar-refractivity contribution in [2.45, 2.75) is 17.1 Å². The number of thioether (sulfide) groups is 1. The van der Waals surface area contributed by atoms with Crippen molar-refractivity contribution in [2.24, 2.45) is 0 Å². The SMILES string of the molecule is CC(CNC(=O)c1ccc(-n2ccnc2)nc1)Sc1ccccc1. The van der Waals surface area contributed by atoms with Gasteiger partial charge in [0.1, 0.15) is 12.1 Å². The Hall–Kier alpha value is -2.60. The number of aromatic nitrogens is 3. The fourth-order valence-corrected chi connectivity index (χ4v) is 3.12. The van der Waals surface area contributed by atoms with E-state index in [0.717, 1.165) is 5.82 Å². The number of amides is 1. The van der Waals surface area contributed by atoms with E-state index >= 15 is 0 Å². The number of carbonyl (C=O) groups excluding carboxylic acids is 1. The van der Waals surface area contributed by atoms with Gasteiger partial charge < -0.3 is 5.32 Å². The summed E-state index contributed by atoms with van der Waals surface area (Å²) in [6.07, 6.45) is 6.75. The Kier molecular flexibility index (Phi) is 5.28. The molecule has 24 heavy (non-hydrogen) atoms. The summed E-state index contributed by atoms with van der Waals surface area (Å²) < 4.78 is 1.79. The Bertz CT molecular complexity index is 773. The summed E-state index contributed by atoms with van der Waals surface area (Å²) >= 11 is 1.74. The van der Waals surface area contributed by atoms with Gasteiger partial charge in [-0.1, -0.05) is 25.1 Å². The third-order valence-corrected chi connectivity index (χ3v) is 4.52. The molecule has 0 fully saturated rings. The largest absolute Gasteiger partial charge is 0.351 e. The number of nitrogens with one attached hydrogen (secondary N) is 1. The van der Waals surface area contributed by atoms with Crippen LogP contribution in [0.1, 0.15) is 17.3 Å². The number of pyridine rings is 1. The molecule has 0 saturated carbocycles. The summed E-state index contributed by atoms with van der Waals surface area (Å²) in [4.78, 5) is 21.7. The zero-order chi connectivity index (χ0) is 16.8. The number of hydrogen-bond acceptors (Lipinski definition) is 4. The van der Waals surface area contributed by atoms with E-state index in [-0.39, 0.29) is 11.2 Å². The Morgan fingerprint density at radius 3 is 2.75 bits per heavy atom. The molecule has 0 spiro atoms. The maximum absolute atomic E-state index is 12.2. The molecule has 1 amide bonds. The number of hydrogen-bond donors (Lipinski definition) is 1. The highest BCUT2D eigenvalue weighted by Crippen LogP contribution is 2.22. The van der Waals surface area contributed by atoms with Crippen molar-refractivity contribution in [3.05, 3.63) is 72.9 Å². The van der Waals surface area contributed by atoms with E-state index in [2.05, 4.69) is 34.3 Å². The van der Waals surface area contributed by atoms with Gasteiger partial charge in [-0.2, -0.15) is 0 Å². The van der Waals surface area contributed by atoms with Crippen molar-refractivity contribution in [1.29, 1.82) is 0 Å². The van der Waals surface area contributed by atoms with Gasteiger partial charge in [-0.05, 0) is 24.3 Å². The van der Waals surface area contributed by atoms with Gasteiger partial charge in [0.15, 0.2) is 0 Å². The van der Waals surface area contributed by atoms with Crippen LogP contribution in [0, 0.1) is 0 Å². The third kappa shape index (κ3) is 4.23. The van der Waals surface area contributed by atoms with Crippen molar-refractivity contribution < 1.29 is 4.79 Å². The molecule has 5 nitrogen and oxygen atoms in total. The number of nitrogens with zero attached hydrogens (tertiary/aromatic N) is 3. The molecule has 2 heterocycles. The van der Waals surface area contributed by atoms with E-state index in [0.29, 0.717) is 12.1 Å². The van der Waals surface area contributed by atoms with Crippen LogP contribution in [-0.4, -0.2) is 32.2 Å². The lowest BCUT2D eigenvalue weighted by atomic mass is 10.2. The van der Waals surface area contributed by atoms with Crippen molar-refractivity contribution >= 4 is 17.7 Å². The Labute approximate surface area is 145 Å². The minimum absolute atomic E-state index is 0.111. The van der Waals surface area contributed by atoms with Crippen molar-refractivity contribution in [2.75, 3.05) is 6.54 Å². The highest BCUT2D eigenvalue weighted by atomic mass is 32.2. The standard InChI is InChI=1S/C18H18N4OS/c1-14(24-16-5-3-2-4-6-16)11-21-18(23)15-7-8-17(20-12-15)22-10-9-19-13-22/h2-10,12-14H,11H2,1H3,(H,21,23). The minimum atomic E-state index is -0.111. The van der Waals surface area contributed by atoms with E-state index in [4.69, 9.17) is 0 Å². The molecule has 3 rings (SSSR count). The summed E-state index contributed by atoms with van der Waals surface area (Å²) in [5.74, 6) is 0.622. The van der Waals surface area contributed by atoms with Crippen LogP contribution in [0.3, 0.4) is 0 Å². The van der Waals surface area contributed by atoms with Gasteiger partial charge in [0.2, 0.25) is 0 Å². The van der Waals surface area contributed by atoms with Crippen LogP contribution in [0.15, 0.2) is 72.3 Å². The lowest BCUT2D eigenvalue weighted by Gasteiger charge is -2.12. The second-order valence-electron chi connectivity index (χ2n) is 5.33. The van der Waals surface area contributed by atoms with Gasteiger partial charge in [-0.25, -0.2) is 9.97 Å². The van der Waals surface area contributed by atoms with E-state index in [9.17, 15) is 4.79 Å². The monoisotopic (exact) mass is 338 g/mol. The summed E-state index contributed by atoms with van der Waals surface area (Å²) in [5.41, 5.74) is 0.552. The van der Waals surface area contributed by atoms with Crippen LogP contribution in [0.4, 0.5) is 0 Å². The highest BCUT2D eigenvalue weighted by Gasteiger charge is 2.10. The lowest BCUT2D eigenvalue weighted by Crippen LogP contribution is -2.29. The molecule has 0 aliphatic heterocycles. The Morgan fingerprint density at radius 2 is 2.08 bits per heavy atom. The van der Waals surface area contributed by atoms with Gasteiger partial charge in [-0.15, -0.1) is 11.8 Å². The topological polar surface area (TPSA) is 59.8 Å². The number of imidazole rings is 1. The molecule has 122 valence electrons. The van der Waals surface area contributed by atoms with Crippen LogP contribution in [0.5, 0.6) is 0 Å². The average molecular weight is 338 g/mol. The molecule has 2 aromatic heterocycles. The van der Waals surface area contributed by atoms with E-state index in [1.165, 1.54) is 4.90 Å². The maximum atomic E-state index is 12.2. The molecule has 1 N–H and O–H groups in total. The average Bonchev–Trinajstić information content (AvgIpc) is 3.15. The molecule has 0 aliphatic carbocycles. The first-order valence-corrected chi connectivity index (χ1v) is 8.54. The summed E-state index contributed by atoms with van der Waals surface area (Å²) in [5, 5.41) is 3.24. The molecule has 6 heteroatoms. The zero-order valence-corrected chi connectivity index (χ0v) is 14.1. The van der Waals surface area contributed by atoms with E-state index in [1.807, 2.05) is 24.4 Å². The molecule has 0 saturated heterocycles. The second kappa shape index (κ2) is 7.79. The first-order valence-electron chi connectivity index (χ1n) is 7.66. The molecule has 0 bridgehead atoms. The predicted molar refractivity (Wildman–Crippen MR) is 95.5 cm³/mol. The lowest BCUT2D eigenvalue weighted by molar-refractivity contribution is 0.0954. The van der Waals surface area contributed by atoms with Gasteiger partial charge in [0.25, 0.3) is 5.91 Å². The van der Waals surface area contributed by atoms with Gasteiger partial charge in [-0.3, -0.25) is 9.36 Å². The van der Waals surface area contributed by atoms with Crippen LogP contribution in [0.25, 0.3) is 5.82 Å². The first-order chi connectivity index (χ1) is 11.7.